The number of nitrogens with two attached hydrogens (primary N) is 1. The summed E-state index contributed by atoms with van der Waals surface area (Å²) in [5.41, 5.74) is 5.45. The molecule has 0 bridgehead atoms. The first kappa shape index (κ1) is 45.4. The molecule has 0 fully saturated rings. The summed E-state index contributed by atoms with van der Waals surface area (Å²) in [6.45, 7) is 4.80. The minimum atomic E-state index is -1.02. The molecule has 7 nitrogen and oxygen atoms in total. The number of carbonyl (C=O) groups is 3. The molecule has 0 saturated heterocycles. The van der Waals surface area contributed by atoms with Crippen molar-refractivity contribution in [2.45, 2.75) is 231 Å². The van der Waals surface area contributed by atoms with Gasteiger partial charge in [-0.25, -0.2) is 4.79 Å². The third kappa shape index (κ3) is 32.7. The van der Waals surface area contributed by atoms with E-state index < -0.39 is 12.0 Å². The van der Waals surface area contributed by atoms with Gasteiger partial charge in [0.15, 0.2) is 0 Å². The molecule has 0 spiro atoms. The van der Waals surface area contributed by atoms with Crippen molar-refractivity contribution in [3.8, 4) is 0 Å². The molecule has 0 aliphatic rings. The molecule has 1 amide bonds. The number of carbonyl (C=O) groups excluding carboxylic acids is 2. The second kappa shape index (κ2) is 35.7. The van der Waals surface area contributed by atoms with Gasteiger partial charge in [-0.05, 0) is 51.5 Å². The van der Waals surface area contributed by atoms with Crippen molar-refractivity contribution in [3.05, 3.63) is 0 Å². The highest BCUT2D eigenvalue weighted by molar-refractivity contribution is 5.83. The van der Waals surface area contributed by atoms with Gasteiger partial charge in [-0.15, -0.1) is 0 Å². The number of esters is 1. The Morgan fingerprint density at radius 2 is 0.957 bits per heavy atom. The highest BCUT2D eigenvalue weighted by atomic mass is 16.5. The van der Waals surface area contributed by atoms with Crippen molar-refractivity contribution in [1.82, 2.24) is 5.32 Å². The average Bonchev–Trinajstić information content (AvgIpc) is 3.05. The van der Waals surface area contributed by atoms with Crippen molar-refractivity contribution in [2.24, 2.45) is 5.73 Å². The van der Waals surface area contributed by atoms with Crippen molar-refractivity contribution in [1.29, 1.82) is 0 Å². The molecule has 0 heterocycles. The molecular weight excluding hydrogens is 588 g/mol. The molecule has 278 valence electrons. The maximum absolute atomic E-state index is 12.4. The first-order valence-corrected chi connectivity index (χ1v) is 20.4. The first-order valence-electron chi connectivity index (χ1n) is 20.4. The van der Waals surface area contributed by atoms with Crippen LogP contribution >= 0.6 is 0 Å². The Balaban J connectivity index is 3.61. The average molecular weight is 667 g/mol. The van der Waals surface area contributed by atoms with Gasteiger partial charge in [0.05, 0.1) is 0 Å². The van der Waals surface area contributed by atoms with E-state index >= 15 is 0 Å². The minimum Gasteiger partial charge on any atom is -0.480 e. The number of carboxylic acids is 1. The smallest absolute Gasteiger partial charge is 0.326 e. The number of unbranched alkanes of at least 4 members (excludes halogenated alkanes) is 23. The molecule has 0 aliphatic heterocycles. The van der Waals surface area contributed by atoms with Crippen molar-refractivity contribution in [2.75, 3.05) is 6.54 Å². The molecule has 7 heteroatoms. The third-order valence-electron chi connectivity index (χ3n) is 9.40. The summed E-state index contributed by atoms with van der Waals surface area (Å²) < 4.78 is 5.79. The van der Waals surface area contributed by atoms with E-state index in [0.29, 0.717) is 38.6 Å². The van der Waals surface area contributed by atoms with E-state index in [0.717, 1.165) is 44.9 Å². The second-order valence-corrected chi connectivity index (χ2v) is 14.1. The maximum atomic E-state index is 12.4. The van der Waals surface area contributed by atoms with Gasteiger partial charge in [-0.3, -0.25) is 9.59 Å². The van der Waals surface area contributed by atoms with Gasteiger partial charge < -0.3 is 20.9 Å². The molecule has 0 saturated carbocycles. The van der Waals surface area contributed by atoms with E-state index in [1.807, 2.05) is 0 Å². The summed E-state index contributed by atoms with van der Waals surface area (Å²) in [7, 11) is 0. The number of carboxylic acid groups (broad SMARTS) is 1. The van der Waals surface area contributed by atoms with Crippen LogP contribution in [0.5, 0.6) is 0 Å². The fourth-order valence-corrected chi connectivity index (χ4v) is 6.39. The summed E-state index contributed by atoms with van der Waals surface area (Å²) in [6, 6.07) is -0.868. The van der Waals surface area contributed by atoms with Crippen LogP contribution in [0.1, 0.15) is 219 Å². The first-order chi connectivity index (χ1) is 22.9. The SMILES string of the molecule is CCCCCCCCCCCCCCCCCCCCCCCCC(=O)OC(CCC)CCCCCC(=O)NC(CCCN)C(=O)O. The molecule has 2 atom stereocenters. The van der Waals surface area contributed by atoms with Gasteiger partial charge in [0.25, 0.3) is 0 Å². The van der Waals surface area contributed by atoms with E-state index in [1.165, 1.54) is 128 Å². The van der Waals surface area contributed by atoms with Crippen LogP contribution in [0.25, 0.3) is 0 Å². The topological polar surface area (TPSA) is 119 Å². The Bertz CT molecular complexity index is 717. The number of nitrogens with one attached hydrogen (secondary N) is 1. The lowest BCUT2D eigenvalue weighted by atomic mass is 10.0. The molecule has 0 radical (unpaired) electrons. The van der Waals surface area contributed by atoms with Crippen LogP contribution < -0.4 is 11.1 Å². The Hall–Kier alpha value is -1.63. The number of hydrogen-bond acceptors (Lipinski definition) is 5. The lowest BCUT2D eigenvalue weighted by molar-refractivity contribution is -0.150. The summed E-state index contributed by atoms with van der Waals surface area (Å²) >= 11 is 0. The van der Waals surface area contributed by atoms with Gasteiger partial charge in [0.2, 0.25) is 5.91 Å². The number of aliphatic carboxylic acids is 1. The molecule has 2 unspecified atom stereocenters. The predicted octanol–water partition coefficient (Wildman–Crippen LogP) is 10.9. The number of amides is 1. The van der Waals surface area contributed by atoms with Crippen LogP contribution in [-0.4, -0.2) is 41.6 Å². The summed E-state index contributed by atoms with van der Waals surface area (Å²) in [6.07, 6.45) is 36.7. The largest absolute Gasteiger partial charge is 0.480 e. The Morgan fingerprint density at radius 3 is 1.38 bits per heavy atom. The summed E-state index contributed by atoms with van der Waals surface area (Å²) in [4.78, 5) is 35.8. The molecule has 0 aromatic rings. The van der Waals surface area contributed by atoms with E-state index in [4.69, 9.17) is 10.5 Å². The molecule has 0 aliphatic carbocycles. The van der Waals surface area contributed by atoms with Crippen molar-refractivity contribution < 1.29 is 24.2 Å². The zero-order chi connectivity index (χ0) is 34.6. The second-order valence-electron chi connectivity index (χ2n) is 14.1. The fourth-order valence-electron chi connectivity index (χ4n) is 6.39. The van der Waals surface area contributed by atoms with Crippen LogP contribution in [0, 0.1) is 0 Å². The van der Waals surface area contributed by atoms with E-state index in [9.17, 15) is 19.5 Å². The minimum absolute atomic E-state index is 0.0475. The molecular formula is C40H78N2O5. The Morgan fingerprint density at radius 1 is 0.532 bits per heavy atom. The Labute approximate surface area is 290 Å². The molecule has 0 aromatic carbocycles. The standard InChI is InChI=1S/C40H78N2O5/c1-3-5-6-7-8-9-10-11-12-13-14-15-16-17-18-19-20-21-22-23-24-28-34-39(44)47-36(30-4-2)31-26-25-27-33-38(43)42-37(40(45)46)32-29-35-41/h36-37H,3-35,41H2,1-2H3,(H,42,43)(H,45,46). The van der Waals surface area contributed by atoms with Crippen LogP contribution in [-0.2, 0) is 19.1 Å². The van der Waals surface area contributed by atoms with Crippen LogP contribution in [0.4, 0.5) is 0 Å². The molecule has 0 rings (SSSR count). The lowest BCUT2D eigenvalue weighted by Gasteiger charge is -2.17. The van der Waals surface area contributed by atoms with Gasteiger partial charge in [0, 0.05) is 12.8 Å². The van der Waals surface area contributed by atoms with Crippen molar-refractivity contribution in [3.63, 3.8) is 0 Å². The monoisotopic (exact) mass is 667 g/mol. The van der Waals surface area contributed by atoms with Gasteiger partial charge in [-0.1, -0.05) is 162 Å². The summed E-state index contributed by atoms with van der Waals surface area (Å²) in [5, 5.41) is 11.8. The highest BCUT2D eigenvalue weighted by Crippen LogP contribution is 2.17. The van der Waals surface area contributed by atoms with Gasteiger partial charge in [0.1, 0.15) is 12.1 Å². The van der Waals surface area contributed by atoms with E-state index in [2.05, 4.69) is 19.2 Å². The molecule has 0 aromatic heterocycles. The molecule has 47 heavy (non-hydrogen) atoms. The number of rotatable bonds is 37. The molecule has 4 N–H and O–H groups in total. The van der Waals surface area contributed by atoms with Crippen molar-refractivity contribution >= 4 is 17.8 Å². The maximum Gasteiger partial charge on any atom is 0.326 e. The van der Waals surface area contributed by atoms with Crippen LogP contribution in [0.2, 0.25) is 0 Å². The highest BCUT2D eigenvalue weighted by Gasteiger charge is 2.19. The zero-order valence-electron chi connectivity index (χ0n) is 31.1. The quantitative estimate of drug-likeness (QED) is 0.0448. The van der Waals surface area contributed by atoms with Crippen LogP contribution in [0.15, 0.2) is 0 Å². The number of hydrogen-bond donors (Lipinski definition) is 3. The zero-order valence-corrected chi connectivity index (χ0v) is 31.1. The Kier molecular flexibility index (Phi) is 34.4. The van der Waals surface area contributed by atoms with E-state index in [1.54, 1.807) is 0 Å². The lowest BCUT2D eigenvalue weighted by Crippen LogP contribution is -2.40. The third-order valence-corrected chi connectivity index (χ3v) is 9.40. The van der Waals surface area contributed by atoms with Gasteiger partial charge in [-0.2, -0.15) is 0 Å². The van der Waals surface area contributed by atoms with Gasteiger partial charge >= 0.3 is 11.9 Å². The van der Waals surface area contributed by atoms with E-state index in [-0.39, 0.29) is 18.0 Å². The predicted molar refractivity (Wildman–Crippen MR) is 198 cm³/mol. The fraction of sp³-hybridized carbons (Fsp3) is 0.925. The van der Waals surface area contributed by atoms with Crippen LogP contribution in [0.3, 0.4) is 0 Å². The normalized spacial score (nSPS) is 12.6. The number of ether oxygens (including phenoxy) is 1. The summed E-state index contributed by atoms with van der Waals surface area (Å²) in [5.74, 6) is -1.32.